The number of fused-ring (bicyclic) bond motifs is 1. The van der Waals surface area contributed by atoms with Gasteiger partial charge in [-0.05, 0) is 67.1 Å². The SMILES string of the molecule is CC1=C(C(=O)Nc2ccccc2)[C@H](c2ccc(Cl)cc2)n2c(s/c(=C\c3ccc(-c4cc(C(=O)O)ccc4Cl)o3)c2=O)=N1. The summed E-state index contributed by atoms with van der Waals surface area (Å²) in [6.07, 6.45) is 1.59. The summed E-state index contributed by atoms with van der Waals surface area (Å²) in [6.45, 7) is 1.74. The highest BCUT2D eigenvalue weighted by Crippen LogP contribution is 2.32. The number of carboxylic acids is 1. The lowest BCUT2D eigenvalue weighted by molar-refractivity contribution is -0.113. The fourth-order valence-corrected chi connectivity index (χ4v) is 6.21. The molecule has 1 amide bonds. The number of aromatic nitrogens is 1. The molecule has 0 saturated carbocycles. The smallest absolute Gasteiger partial charge is 0.335 e. The van der Waals surface area contributed by atoms with E-state index in [0.717, 1.165) is 0 Å². The van der Waals surface area contributed by atoms with Gasteiger partial charge >= 0.3 is 5.97 Å². The number of para-hydroxylation sites is 1. The minimum Gasteiger partial charge on any atom is -0.478 e. The number of rotatable bonds is 6. The Labute approximate surface area is 258 Å². The van der Waals surface area contributed by atoms with Crippen molar-refractivity contribution in [2.75, 3.05) is 5.32 Å². The number of benzene rings is 3. The van der Waals surface area contributed by atoms with Crippen molar-refractivity contribution in [2.45, 2.75) is 13.0 Å². The van der Waals surface area contributed by atoms with E-state index in [0.29, 0.717) is 59.0 Å². The number of aromatic carboxylic acids is 1. The molecule has 0 bridgehead atoms. The third kappa shape index (κ3) is 5.58. The van der Waals surface area contributed by atoms with Crippen LogP contribution in [0, 0.1) is 0 Å². The van der Waals surface area contributed by atoms with Gasteiger partial charge in [-0.3, -0.25) is 14.2 Å². The van der Waals surface area contributed by atoms with Crippen LogP contribution in [-0.4, -0.2) is 21.6 Å². The van der Waals surface area contributed by atoms with Crippen LogP contribution in [0.4, 0.5) is 5.69 Å². The molecule has 11 heteroatoms. The number of carboxylic acid groups (broad SMARTS) is 1. The second kappa shape index (κ2) is 11.5. The van der Waals surface area contributed by atoms with Gasteiger partial charge in [0.2, 0.25) is 0 Å². The van der Waals surface area contributed by atoms with Crippen LogP contribution in [0.15, 0.2) is 110 Å². The van der Waals surface area contributed by atoms with Gasteiger partial charge in [0.25, 0.3) is 11.5 Å². The first-order valence-electron chi connectivity index (χ1n) is 13.0. The summed E-state index contributed by atoms with van der Waals surface area (Å²) in [6, 6.07) is 22.9. The number of thiazole rings is 1. The predicted octanol–water partition coefficient (Wildman–Crippen LogP) is 6.14. The molecule has 2 aromatic heterocycles. The number of allylic oxidation sites excluding steroid dienone is 1. The van der Waals surface area contributed by atoms with Gasteiger partial charge in [-0.2, -0.15) is 0 Å². The van der Waals surface area contributed by atoms with Crippen molar-refractivity contribution in [1.82, 2.24) is 4.57 Å². The predicted molar refractivity (Wildman–Crippen MR) is 166 cm³/mol. The second-order valence-electron chi connectivity index (χ2n) is 9.66. The Balaban J connectivity index is 1.44. The van der Waals surface area contributed by atoms with E-state index in [2.05, 4.69) is 10.3 Å². The van der Waals surface area contributed by atoms with Gasteiger partial charge in [0.05, 0.1) is 32.4 Å². The Morgan fingerprint density at radius 1 is 1.02 bits per heavy atom. The Hall–Kier alpha value is -4.70. The van der Waals surface area contributed by atoms with E-state index >= 15 is 0 Å². The number of furan rings is 1. The topological polar surface area (TPSA) is 114 Å². The van der Waals surface area contributed by atoms with Gasteiger partial charge in [0, 0.05) is 22.3 Å². The number of hydrogen-bond donors (Lipinski definition) is 2. The first kappa shape index (κ1) is 28.4. The highest BCUT2D eigenvalue weighted by atomic mass is 35.5. The quantitative estimate of drug-likeness (QED) is 0.234. The lowest BCUT2D eigenvalue weighted by Crippen LogP contribution is -2.40. The number of nitrogens with one attached hydrogen (secondary N) is 1. The van der Waals surface area contributed by atoms with Gasteiger partial charge in [0.15, 0.2) is 4.80 Å². The minimum atomic E-state index is -1.09. The average molecular weight is 631 g/mol. The zero-order valence-electron chi connectivity index (χ0n) is 22.4. The largest absolute Gasteiger partial charge is 0.478 e. The maximum Gasteiger partial charge on any atom is 0.335 e. The molecule has 6 rings (SSSR count). The molecular formula is C32H21Cl2N3O5S. The highest BCUT2D eigenvalue weighted by Gasteiger charge is 2.32. The number of hydrogen-bond acceptors (Lipinski definition) is 6. The highest BCUT2D eigenvalue weighted by molar-refractivity contribution is 7.07. The molecule has 214 valence electrons. The molecule has 0 spiro atoms. The van der Waals surface area contributed by atoms with Crippen molar-refractivity contribution in [3.63, 3.8) is 0 Å². The molecule has 3 heterocycles. The molecule has 0 saturated heterocycles. The van der Waals surface area contributed by atoms with Crippen molar-refractivity contribution in [1.29, 1.82) is 0 Å². The number of carbonyl (C=O) groups excluding carboxylic acids is 1. The lowest BCUT2D eigenvalue weighted by Gasteiger charge is -2.25. The number of anilines is 1. The van der Waals surface area contributed by atoms with E-state index in [1.54, 1.807) is 61.5 Å². The average Bonchev–Trinajstić information content (AvgIpc) is 3.57. The maximum atomic E-state index is 13.9. The third-order valence-corrected chi connectivity index (χ3v) is 8.43. The van der Waals surface area contributed by atoms with Crippen molar-refractivity contribution in [2.24, 2.45) is 4.99 Å². The molecule has 1 aliphatic heterocycles. The number of halogens is 2. The normalized spacial score (nSPS) is 14.8. The van der Waals surface area contributed by atoms with Crippen molar-refractivity contribution >= 4 is 58.2 Å². The van der Waals surface area contributed by atoms with Crippen molar-refractivity contribution < 1.29 is 19.1 Å². The van der Waals surface area contributed by atoms with Crippen LogP contribution in [0.3, 0.4) is 0 Å². The first-order valence-corrected chi connectivity index (χ1v) is 14.5. The molecule has 8 nitrogen and oxygen atoms in total. The lowest BCUT2D eigenvalue weighted by atomic mass is 9.95. The Bertz CT molecular complexity index is 2110. The molecule has 3 aromatic carbocycles. The van der Waals surface area contributed by atoms with E-state index in [1.807, 2.05) is 18.2 Å². The molecule has 5 aromatic rings. The van der Waals surface area contributed by atoms with Gasteiger partial charge < -0.3 is 14.8 Å². The van der Waals surface area contributed by atoms with Gasteiger partial charge in [-0.25, -0.2) is 9.79 Å². The molecule has 43 heavy (non-hydrogen) atoms. The Morgan fingerprint density at radius 3 is 2.49 bits per heavy atom. The standard InChI is InChI=1S/C32H21Cl2N3O5S/c1-17-27(29(38)36-21-5-3-2-4-6-21)28(18-7-10-20(33)11-8-18)37-30(39)26(43-32(37)35-17)16-22-12-14-25(42-22)23-15-19(31(40)41)9-13-24(23)34/h2-16,28H,1H3,(H,36,38)(H,40,41)/b26-16-/t28-/m0/s1. The van der Waals surface area contributed by atoms with E-state index in [9.17, 15) is 19.5 Å². The van der Waals surface area contributed by atoms with Crippen LogP contribution in [-0.2, 0) is 4.79 Å². The molecule has 0 unspecified atom stereocenters. The van der Waals surface area contributed by atoms with Crippen LogP contribution >= 0.6 is 34.5 Å². The van der Waals surface area contributed by atoms with E-state index < -0.39 is 12.0 Å². The fraction of sp³-hybridized carbons (Fsp3) is 0.0625. The Morgan fingerprint density at radius 2 is 1.77 bits per heavy atom. The number of amides is 1. The zero-order chi connectivity index (χ0) is 30.2. The van der Waals surface area contributed by atoms with Crippen molar-refractivity contribution in [3.05, 3.63) is 143 Å². The van der Waals surface area contributed by atoms with Crippen molar-refractivity contribution in [3.8, 4) is 11.3 Å². The van der Waals surface area contributed by atoms with Crippen LogP contribution < -0.4 is 20.2 Å². The van der Waals surface area contributed by atoms with Gasteiger partial charge in [0.1, 0.15) is 11.5 Å². The first-order chi connectivity index (χ1) is 20.7. The molecule has 2 N–H and O–H groups in total. The van der Waals surface area contributed by atoms with Crippen LogP contribution in [0.5, 0.6) is 0 Å². The molecule has 0 radical (unpaired) electrons. The van der Waals surface area contributed by atoms with E-state index in [1.165, 1.54) is 34.1 Å². The summed E-state index contributed by atoms with van der Waals surface area (Å²) in [5.41, 5.74) is 2.24. The molecule has 1 atom stereocenters. The van der Waals surface area contributed by atoms with Crippen LogP contribution in [0.1, 0.15) is 34.6 Å². The van der Waals surface area contributed by atoms with Crippen LogP contribution in [0.25, 0.3) is 17.4 Å². The third-order valence-electron chi connectivity index (χ3n) is 6.86. The summed E-state index contributed by atoms with van der Waals surface area (Å²) in [5, 5.41) is 13.1. The number of carbonyl (C=O) groups is 2. The monoisotopic (exact) mass is 629 g/mol. The molecule has 1 aliphatic rings. The molecular weight excluding hydrogens is 609 g/mol. The summed E-state index contributed by atoms with van der Waals surface area (Å²) >= 11 is 13.6. The minimum absolute atomic E-state index is 0.0651. The Kier molecular flexibility index (Phi) is 7.62. The molecule has 0 fully saturated rings. The zero-order valence-corrected chi connectivity index (χ0v) is 24.7. The summed E-state index contributed by atoms with van der Waals surface area (Å²) in [5.74, 6) is -0.759. The summed E-state index contributed by atoms with van der Waals surface area (Å²) in [4.78, 5) is 44.1. The molecule has 0 aliphatic carbocycles. The van der Waals surface area contributed by atoms with Crippen LogP contribution in [0.2, 0.25) is 10.0 Å². The van der Waals surface area contributed by atoms with E-state index in [-0.39, 0.29) is 17.0 Å². The maximum absolute atomic E-state index is 13.9. The van der Waals surface area contributed by atoms with Gasteiger partial charge in [-0.15, -0.1) is 0 Å². The number of nitrogens with zero attached hydrogens (tertiary/aromatic N) is 2. The summed E-state index contributed by atoms with van der Waals surface area (Å²) < 4.78 is 7.79. The van der Waals surface area contributed by atoms with E-state index in [4.69, 9.17) is 27.6 Å². The second-order valence-corrected chi connectivity index (χ2v) is 11.5. The fourth-order valence-electron chi connectivity index (χ4n) is 4.84. The summed E-state index contributed by atoms with van der Waals surface area (Å²) in [7, 11) is 0. The van der Waals surface area contributed by atoms with Gasteiger partial charge in [-0.1, -0.05) is 64.9 Å².